The Hall–Kier alpha value is -7.74. The van der Waals surface area contributed by atoms with Crippen LogP contribution >= 0.6 is 0 Å². The molecule has 0 aliphatic heterocycles. The molecule has 0 heterocycles. The number of halogens is 1. The molecule has 8 amide bonds. The zero-order valence-corrected chi connectivity index (χ0v) is 44.4. The summed E-state index contributed by atoms with van der Waals surface area (Å²) in [6.07, 6.45) is -2.66. The van der Waals surface area contributed by atoms with Crippen molar-refractivity contribution >= 4 is 78.9 Å². The average molecular weight is 1260 g/mol. The van der Waals surface area contributed by atoms with E-state index >= 15 is 4.11 Å². The van der Waals surface area contributed by atoms with Crippen molar-refractivity contribution in [2.24, 2.45) is 5.73 Å². The van der Waals surface area contributed by atoms with Crippen molar-refractivity contribution in [3.8, 4) is 0 Å². The Morgan fingerprint density at radius 3 is 1.52 bits per heavy atom. The van der Waals surface area contributed by atoms with Crippen molar-refractivity contribution in [1.82, 2.24) is 42.5 Å². The Bertz CT molecular complexity index is 2030. The zero-order valence-electron chi connectivity index (χ0n) is 40.5. The fraction of sp³-hybridized carbons (Fsp3) is 0.605. The second kappa shape index (κ2) is 29.3. The van der Waals surface area contributed by atoms with Crippen molar-refractivity contribution in [3.05, 3.63) is 35.6 Å². The molecule has 1 aromatic carbocycles. The van der Waals surface area contributed by atoms with E-state index in [9.17, 15) is 63.0 Å². The third-order valence-electron chi connectivity index (χ3n) is 10.7. The number of hydrogen-bond acceptors (Lipinski definition) is 12. The number of carboxylic acid groups (broad SMARTS) is 4. The second-order valence-corrected chi connectivity index (χ2v) is 23.2. The molecule has 71 heavy (non-hydrogen) atoms. The smallest absolute Gasteiger partial charge is 0.326 e. The number of amides is 8. The van der Waals surface area contributed by atoms with Crippen LogP contribution in [0.3, 0.4) is 0 Å². The van der Waals surface area contributed by atoms with Gasteiger partial charge in [0.2, 0.25) is 29.5 Å². The molecular weight excluding hydrogens is 1190 g/mol. The van der Waals surface area contributed by atoms with Crippen LogP contribution in [0.2, 0.25) is 10.1 Å². The maximum Gasteiger partial charge on any atom is 0.326 e. The monoisotopic (exact) mass is 1250 g/mol. The van der Waals surface area contributed by atoms with Gasteiger partial charge in [0, 0.05) is 64.0 Å². The Morgan fingerprint density at radius 1 is 0.592 bits per heavy atom. The van der Waals surface area contributed by atoms with Crippen LogP contribution in [-0.4, -0.2) is 157 Å². The quantitative estimate of drug-likeness (QED) is 0.0258. The summed E-state index contributed by atoms with van der Waals surface area (Å²) in [6, 6.07) is -2.63. The van der Waals surface area contributed by atoms with E-state index in [1.807, 2.05) is 52.2 Å². The molecule has 400 valence electrons. The van der Waals surface area contributed by atoms with Crippen molar-refractivity contribution in [3.63, 3.8) is 0 Å². The maximum atomic E-state index is 16.6. The first-order valence-electron chi connectivity index (χ1n) is 22.3. The summed E-state index contributed by atoms with van der Waals surface area (Å²) in [5, 5.41) is 54.6. The molecule has 3 unspecified atom stereocenters. The summed E-state index contributed by atoms with van der Waals surface area (Å²) in [5.41, 5.74) is 14.0. The molecule has 25 nitrogen and oxygen atoms in total. The molecule has 1 aromatic rings. The van der Waals surface area contributed by atoms with Gasteiger partial charge in [-0.05, 0) is 59.1 Å². The largest absolute Gasteiger partial charge is 0.665 e. The standard InChI is InChI=1S/C43H68FN10O15Si.Cm/c1-42(2,3)70(44,43(4,5)6)25-11-9-24(10-12-25)35(60)50-23-26(46)36(61)52-30(22-45)37(62)49-21-18-32(56)48-20-17-31(55)47-19-7-8-27(38(63)64)51-33(57)15-13-28(39(65)66)53-41(69)54-29(40(67)68)14-16-34(58)59;/h9-12,26-30,46H,7-8,13-23,45H2,1-6H3,(H,47,55)(H,48,56)(H,49,62)(H,50,60)(H,51,57)(H,52,61)(H,58,59)(H,63,64)(H,65,66)(H,67,68)(H2,53,54,69);/q-1;/t26?,27?,28-,29-,30?;/m0./s1. The minimum absolute atomic E-state index is 0. The second-order valence-electron chi connectivity index (χ2n) is 18.3. The van der Waals surface area contributed by atoms with E-state index in [4.69, 9.17) is 21.7 Å². The van der Waals surface area contributed by atoms with Crippen molar-refractivity contribution in [2.45, 2.75) is 133 Å². The number of nitrogens with one attached hydrogen (secondary N) is 9. The van der Waals surface area contributed by atoms with Gasteiger partial charge in [-0.2, -0.15) is 0 Å². The van der Waals surface area contributed by atoms with Gasteiger partial charge in [0.25, 0.3) is 14.3 Å². The summed E-state index contributed by atoms with van der Waals surface area (Å²) in [5.74, 6) is -10.1. The van der Waals surface area contributed by atoms with Gasteiger partial charge in [0.1, 0.15) is 24.2 Å². The third-order valence-corrected chi connectivity index (χ3v) is 16.0. The van der Waals surface area contributed by atoms with Crippen LogP contribution in [0.1, 0.15) is 103 Å². The third kappa shape index (κ3) is 21.6. The topological polar surface area (TPSA) is 415 Å². The molecular formula is C43H68CmFN10O15Si-. The predicted molar refractivity (Wildman–Crippen MR) is 251 cm³/mol. The summed E-state index contributed by atoms with van der Waals surface area (Å²) in [4.78, 5) is 133. The summed E-state index contributed by atoms with van der Waals surface area (Å²) in [6.45, 7) is 10.1. The van der Waals surface area contributed by atoms with Gasteiger partial charge in [0.15, 0.2) is 0 Å². The van der Waals surface area contributed by atoms with Crippen LogP contribution < -0.4 is 53.5 Å². The summed E-state index contributed by atoms with van der Waals surface area (Å²) in [7, 11) is -3.56. The molecule has 0 saturated heterocycles. The van der Waals surface area contributed by atoms with Crippen LogP contribution in [0.25, 0.3) is 5.73 Å². The van der Waals surface area contributed by atoms with Gasteiger partial charge >= 0.3 is 29.9 Å². The molecule has 5 atom stereocenters. The molecule has 1 rings (SSSR count). The number of benzene rings is 1. The number of carbonyl (C=O) groups excluding carboxylic acids is 7. The van der Waals surface area contributed by atoms with E-state index in [-0.39, 0.29) is 57.4 Å². The molecule has 0 bridgehead atoms. The number of hydrogen-bond donors (Lipinski definition) is 13. The zero-order chi connectivity index (χ0) is 53.6. The average Bonchev–Trinajstić information content (AvgIpc) is 3.26. The number of carbonyl (C=O) groups is 11. The maximum absolute atomic E-state index is 16.6. The van der Waals surface area contributed by atoms with Gasteiger partial charge in [-0.3, -0.25) is 33.6 Å². The number of nitrogens with two attached hydrogens (primary N) is 1. The predicted octanol–water partition coefficient (Wildman–Crippen LogP) is -0.668. The van der Waals surface area contributed by atoms with E-state index < -0.39 is 146 Å². The number of urea groups is 1. The van der Waals surface area contributed by atoms with E-state index in [1.165, 1.54) is 12.1 Å². The van der Waals surface area contributed by atoms with Crippen molar-refractivity contribution in [2.75, 3.05) is 32.7 Å². The molecule has 0 saturated carbocycles. The van der Waals surface area contributed by atoms with E-state index in [0.717, 1.165) is 0 Å². The molecule has 0 spiro atoms. The number of aliphatic carboxylic acids is 4. The molecule has 0 fully saturated rings. The van der Waals surface area contributed by atoms with Gasteiger partial charge in [-0.15, -0.1) is 0 Å². The van der Waals surface area contributed by atoms with Crippen LogP contribution in [0.5, 0.6) is 0 Å². The van der Waals surface area contributed by atoms with E-state index in [1.54, 1.807) is 12.1 Å². The van der Waals surface area contributed by atoms with Gasteiger partial charge in [-0.1, -0.05) is 53.7 Å². The fourth-order valence-electron chi connectivity index (χ4n) is 7.12. The molecule has 15 N–H and O–H groups in total. The van der Waals surface area contributed by atoms with Crippen LogP contribution in [0, 0.1) is 0 Å². The fourth-order valence-corrected chi connectivity index (χ4v) is 11.7. The molecule has 28 heteroatoms. The first-order chi connectivity index (χ1) is 32.4. The normalized spacial score (nSPS) is 13.5. The number of carboxylic acids is 4. The minimum atomic E-state index is -3.56. The van der Waals surface area contributed by atoms with E-state index in [2.05, 4.69) is 31.9 Å². The molecule has 0 aromatic heterocycles. The molecule has 0 radical (unpaired) electrons. The van der Waals surface area contributed by atoms with Crippen molar-refractivity contribution in [1.29, 1.82) is 0 Å². The van der Waals surface area contributed by atoms with Crippen LogP contribution in [-0.2, 0) is 43.2 Å². The Kier molecular flexibility index (Phi) is 26.1. The number of rotatable bonds is 30. The minimum Gasteiger partial charge on any atom is -0.665 e. The van der Waals surface area contributed by atoms with Gasteiger partial charge < -0.3 is 78.5 Å². The Balaban J connectivity index is 0.0000490. The SMILES string of the molecule is CC(C)(C)[Si](F)(c1ccc(C(=O)NCC([NH-])C(=O)NC(CN)C(=O)NCCC(=O)NCCC(=O)NCCCC(NC(=O)CC[C@H](NC(=O)N[C@@H](CCC(=O)O)C(=O)O)C(=O)O)C(=O)O)cc1)C(C)(C)C.[Cm]. The van der Waals surface area contributed by atoms with Crippen LogP contribution in [0.4, 0.5) is 8.90 Å². The van der Waals surface area contributed by atoms with Gasteiger partial charge in [0.05, 0.1) is 0 Å². The Labute approximate surface area is 405 Å². The first-order valence-corrected chi connectivity index (χ1v) is 24.2. The van der Waals surface area contributed by atoms with Crippen LogP contribution in [0.15, 0.2) is 24.3 Å². The van der Waals surface area contributed by atoms with E-state index in [0.29, 0.717) is 5.19 Å². The summed E-state index contributed by atoms with van der Waals surface area (Å²) >= 11 is 0. The Morgan fingerprint density at radius 2 is 1.06 bits per heavy atom. The summed E-state index contributed by atoms with van der Waals surface area (Å²) < 4.78 is 16.6. The molecule has 0 aliphatic rings. The molecule has 0 aliphatic carbocycles. The van der Waals surface area contributed by atoms with Gasteiger partial charge in [-0.25, -0.2) is 19.2 Å². The van der Waals surface area contributed by atoms with Crippen molar-refractivity contribution < 1.29 is 77.3 Å². The first kappa shape index (κ1) is 63.3.